The maximum Gasteiger partial charge on any atom is 0.281 e. The summed E-state index contributed by atoms with van der Waals surface area (Å²) in [7, 11) is 1.54. The number of hydrogen-bond acceptors (Lipinski definition) is 2. The molecule has 0 aliphatic carbocycles. The van der Waals surface area contributed by atoms with Gasteiger partial charge < -0.3 is 10.5 Å². The second-order valence-corrected chi connectivity index (χ2v) is 2.48. The summed E-state index contributed by atoms with van der Waals surface area (Å²) in [5.41, 5.74) is 6.16. The van der Waals surface area contributed by atoms with E-state index in [1.165, 1.54) is 12.1 Å². The van der Waals surface area contributed by atoms with Crippen LogP contribution in [0.4, 0.5) is 4.39 Å². The molecule has 0 bridgehead atoms. The van der Waals surface area contributed by atoms with Gasteiger partial charge in [0, 0.05) is 7.05 Å². The van der Waals surface area contributed by atoms with Crippen LogP contribution in [0, 0.1) is 5.82 Å². The Labute approximate surface area is 76.0 Å². The van der Waals surface area contributed by atoms with E-state index in [0.29, 0.717) is 6.61 Å². The maximum absolute atomic E-state index is 12.5. The molecule has 70 valence electrons. The number of ether oxygens (including phenoxy) is 1. The van der Waals surface area contributed by atoms with Gasteiger partial charge in [0.15, 0.2) is 0 Å². The molecule has 0 radical (unpaired) electrons. The van der Waals surface area contributed by atoms with Crippen molar-refractivity contribution in [2.45, 2.75) is 6.61 Å². The number of nitrogens with two attached hydrogens (primary N) is 1. The highest BCUT2D eigenvalue weighted by Crippen LogP contribution is 2.03. The third-order valence-corrected chi connectivity index (χ3v) is 1.52. The highest BCUT2D eigenvalue weighted by Gasteiger charge is 1.95. The predicted octanol–water partition coefficient (Wildman–Crippen LogP) is 1.29. The molecule has 0 aliphatic heterocycles. The Bertz CT molecular complexity index is 295. The lowest BCUT2D eigenvalue weighted by atomic mass is 10.2. The van der Waals surface area contributed by atoms with Crippen molar-refractivity contribution < 1.29 is 9.13 Å². The molecule has 1 rings (SSSR count). The SMILES string of the molecule is CN=C(N)OCc1ccc(F)cc1. The van der Waals surface area contributed by atoms with Gasteiger partial charge in [0.2, 0.25) is 0 Å². The van der Waals surface area contributed by atoms with Gasteiger partial charge in [-0.25, -0.2) is 9.38 Å². The molecule has 0 saturated heterocycles. The number of benzene rings is 1. The Morgan fingerprint density at radius 1 is 1.46 bits per heavy atom. The highest BCUT2D eigenvalue weighted by atomic mass is 19.1. The first-order valence-electron chi connectivity index (χ1n) is 3.82. The van der Waals surface area contributed by atoms with E-state index in [1.54, 1.807) is 19.2 Å². The van der Waals surface area contributed by atoms with Gasteiger partial charge in [0.1, 0.15) is 12.4 Å². The van der Waals surface area contributed by atoms with Crippen LogP contribution in [0.5, 0.6) is 0 Å². The fourth-order valence-electron chi connectivity index (χ4n) is 0.802. The largest absolute Gasteiger partial charge is 0.461 e. The Morgan fingerprint density at radius 2 is 2.08 bits per heavy atom. The van der Waals surface area contributed by atoms with Crippen LogP contribution < -0.4 is 5.73 Å². The second kappa shape index (κ2) is 4.45. The molecule has 0 atom stereocenters. The zero-order chi connectivity index (χ0) is 9.68. The van der Waals surface area contributed by atoms with E-state index >= 15 is 0 Å². The molecular weight excluding hydrogens is 171 g/mol. The first-order valence-corrected chi connectivity index (χ1v) is 3.82. The topological polar surface area (TPSA) is 47.6 Å². The first kappa shape index (κ1) is 9.51. The summed E-state index contributed by atoms with van der Waals surface area (Å²) in [6.07, 6.45) is 0. The van der Waals surface area contributed by atoms with Gasteiger partial charge in [0.05, 0.1) is 0 Å². The van der Waals surface area contributed by atoms with E-state index in [4.69, 9.17) is 10.5 Å². The molecule has 1 aromatic rings. The van der Waals surface area contributed by atoms with Crippen molar-refractivity contribution in [1.29, 1.82) is 0 Å². The molecule has 0 spiro atoms. The van der Waals surface area contributed by atoms with E-state index in [9.17, 15) is 4.39 Å². The summed E-state index contributed by atoms with van der Waals surface area (Å²) in [6.45, 7) is 0.309. The molecular formula is C9H11FN2O. The van der Waals surface area contributed by atoms with Gasteiger partial charge in [0.25, 0.3) is 6.02 Å². The predicted molar refractivity (Wildman–Crippen MR) is 48.7 cm³/mol. The number of halogens is 1. The summed E-state index contributed by atoms with van der Waals surface area (Å²) in [6, 6.07) is 6.15. The minimum Gasteiger partial charge on any atom is -0.461 e. The van der Waals surface area contributed by atoms with Crippen LogP contribution in [0.15, 0.2) is 29.3 Å². The number of rotatable bonds is 2. The molecule has 3 nitrogen and oxygen atoms in total. The lowest BCUT2D eigenvalue weighted by Gasteiger charge is -2.03. The van der Waals surface area contributed by atoms with Crippen LogP contribution in [0.1, 0.15) is 5.56 Å². The van der Waals surface area contributed by atoms with Crippen molar-refractivity contribution >= 4 is 6.02 Å². The fourth-order valence-corrected chi connectivity index (χ4v) is 0.802. The maximum atomic E-state index is 12.5. The lowest BCUT2D eigenvalue weighted by molar-refractivity contribution is 0.287. The van der Waals surface area contributed by atoms with Crippen molar-refractivity contribution in [3.05, 3.63) is 35.6 Å². The zero-order valence-electron chi connectivity index (χ0n) is 7.33. The summed E-state index contributed by atoms with van der Waals surface area (Å²) >= 11 is 0. The van der Waals surface area contributed by atoms with Crippen molar-refractivity contribution in [3.63, 3.8) is 0 Å². The Balaban J connectivity index is 2.51. The van der Waals surface area contributed by atoms with Crippen LogP contribution in [0.2, 0.25) is 0 Å². The summed E-state index contributed by atoms with van der Waals surface area (Å²) in [4.78, 5) is 3.62. The standard InChI is InChI=1S/C9H11FN2O/c1-12-9(11)13-6-7-2-4-8(10)5-3-7/h2-5H,6H2,1H3,(H2,11,12). The highest BCUT2D eigenvalue weighted by molar-refractivity contribution is 5.71. The minimum absolute atomic E-state index is 0.129. The van der Waals surface area contributed by atoms with Gasteiger partial charge in [-0.05, 0) is 17.7 Å². The van der Waals surface area contributed by atoms with Crippen LogP contribution in [0.25, 0.3) is 0 Å². The molecule has 2 N–H and O–H groups in total. The molecule has 0 heterocycles. The molecule has 0 fully saturated rings. The van der Waals surface area contributed by atoms with Crippen LogP contribution in [0.3, 0.4) is 0 Å². The van der Waals surface area contributed by atoms with E-state index in [2.05, 4.69) is 4.99 Å². The van der Waals surface area contributed by atoms with Crippen molar-refractivity contribution in [3.8, 4) is 0 Å². The number of aliphatic imine (C=N–C) groups is 1. The fraction of sp³-hybridized carbons (Fsp3) is 0.222. The summed E-state index contributed by atoms with van der Waals surface area (Å²) < 4.78 is 17.5. The molecule has 4 heteroatoms. The van der Waals surface area contributed by atoms with Crippen LogP contribution >= 0.6 is 0 Å². The third kappa shape index (κ3) is 3.11. The molecule has 0 saturated carbocycles. The van der Waals surface area contributed by atoms with Gasteiger partial charge in [-0.1, -0.05) is 12.1 Å². The third-order valence-electron chi connectivity index (χ3n) is 1.52. The summed E-state index contributed by atoms with van der Waals surface area (Å²) in [5.74, 6) is -0.263. The van der Waals surface area contributed by atoms with Gasteiger partial charge in [-0.15, -0.1) is 0 Å². The average molecular weight is 182 g/mol. The Morgan fingerprint density at radius 3 is 2.62 bits per heavy atom. The second-order valence-electron chi connectivity index (χ2n) is 2.48. The van der Waals surface area contributed by atoms with Crippen LogP contribution in [-0.4, -0.2) is 13.1 Å². The molecule has 0 amide bonds. The number of hydrogen-bond donors (Lipinski definition) is 1. The molecule has 0 aromatic heterocycles. The van der Waals surface area contributed by atoms with E-state index in [1.807, 2.05) is 0 Å². The molecule has 1 aromatic carbocycles. The van der Waals surface area contributed by atoms with Crippen molar-refractivity contribution in [2.24, 2.45) is 10.7 Å². The monoisotopic (exact) mass is 182 g/mol. The minimum atomic E-state index is -0.263. The van der Waals surface area contributed by atoms with Crippen molar-refractivity contribution in [1.82, 2.24) is 0 Å². The average Bonchev–Trinajstić information content (AvgIpc) is 2.16. The number of amidine groups is 1. The Kier molecular flexibility index (Phi) is 3.25. The van der Waals surface area contributed by atoms with Gasteiger partial charge >= 0.3 is 0 Å². The molecule has 13 heavy (non-hydrogen) atoms. The van der Waals surface area contributed by atoms with E-state index in [0.717, 1.165) is 5.56 Å². The van der Waals surface area contributed by atoms with E-state index in [-0.39, 0.29) is 11.8 Å². The summed E-state index contributed by atoms with van der Waals surface area (Å²) in [5, 5.41) is 0. The quantitative estimate of drug-likeness (QED) is 0.553. The molecule has 0 unspecified atom stereocenters. The Hall–Kier alpha value is -1.58. The normalized spacial score (nSPS) is 11.4. The first-order chi connectivity index (χ1) is 6.22. The number of nitrogens with zero attached hydrogens (tertiary/aromatic N) is 1. The van der Waals surface area contributed by atoms with Gasteiger partial charge in [-0.2, -0.15) is 0 Å². The van der Waals surface area contributed by atoms with Crippen LogP contribution in [-0.2, 0) is 11.3 Å². The zero-order valence-corrected chi connectivity index (χ0v) is 7.33. The van der Waals surface area contributed by atoms with E-state index < -0.39 is 0 Å². The lowest BCUT2D eigenvalue weighted by Crippen LogP contribution is -2.15. The van der Waals surface area contributed by atoms with Crippen molar-refractivity contribution in [2.75, 3.05) is 7.05 Å². The van der Waals surface area contributed by atoms with Gasteiger partial charge in [-0.3, -0.25) is 0 Å². The molecule has 0 aliphatic rings. The smallest absolute Gasteiger partial charge is 0.281 e.